The van der Waals surface area contributed by atoms with Gasteiger partial charge in [-0.3, -0.25) is 14.8 Å². The van der Waals surface area contributed by atoms with E-state index in [2.05, 4.69) is 27.2 Å². The Labute approximate surface area is 137 Å². The average molecular weight is 312 g/mol. The molecule has 0 unspecified atom stereocenters. The van der Waals surface area contributed by atoms with Gasteiger partial charge in [0.05, 0.1) is 6.54 Å². The molecule has 0 saturated carbocycles. The van der Waals surface area contributed by atoms with Crippen LogP contribution in [0.2, 0.25) is 0 Å². The lowest BCUT2D eigenvalue weighted by atomic mass is 9.95. The van der Waals surface area contributed by atoms with Crippen LogP contribution in [0, 0.1) is 0 Å². The van der Waals surface area contributed by atoms with Gasteiger partial charge in [-0.15, -0.1) is 0 Å². The molecule has 2 aromatic rings. The molecule has 23 heavy (non-hydrogen) atoms. The van der Waals surface area contributed by atoms with Gasteiger partial charge >= 0.3 is 0 Å². The second-order valence-electron chi connectivity index (χ2n) is 6.35. The number of rotatable bonds is 5. The van der Waals surface area contributed by atoms with Crippen LogP contribution in [-0.2, 0) is 11.3 Å². The van der Waals surface area contributed by atoms with Gasteiger partial charge in [0, 0.05) is 37.4 Å². The summed E-state index contributed by atoms with van der Waals surface area (Å²) in [5.41, 5.74) is 2.37. The lowest BCUT2D eigenvalue weighted by molar-refractivity contribution is -0.133. The molecule has 0 aliphatic carbocycles. The smallest absolute Gasteiger partial charge is 0.236 e. The molecule has 122 valence electrons. The first kappa shape index (κ1) is 15.7. The minimum Gasteiger partial charge on any atom is -0.341 e. The second kappa shape index (κ2) is 7.42. The highest BCUT2D eigenvalue weighted by Crippen LogP contribution is 2.25. The van der Waals surface area contributed by atoms with E-state index in [1.165, 1.54) is 5.56 Å². The van der Waals surface area contributed by atoms with E-state index in [-0.39, 0.29) is 5.91 Å². The number of aromatic nitrogens is 2. The lowest BCUT2D eigenvalue weighted by Gasteiger charge is -2.33. The van der Waals surface area contributed by atoms with Crippen molar-refractivity contribution in [2.75, 3.05) is 26.7 Å². The summed E-state index contributed by atoms with van der Waals surface area (Å²) >= 11 is 0. The summed E-state index contributed by atoms with van der Waals surface area (Å²) in [4.78, 5) is 16.6. The highest BCUT2D eigenvalue weighted by Gasteiger charge is 2.25. The van der Waals surface area contributed by atoms with Crippen molar-refractivity contribution >= 4 is 5.91 Å². The standard InChI is InChI=1S/C18H24N4O/c1-21(12-15-6-3-2-4-7-15)14-18(23)22-11-5-8-16(13-22)17-9-10-19-20-17/h2-4,6-7,9-10,16H,5,8,11-14H2,1H3,(H,19,20)/t16-/m0/s1. The van der Waals surface area contributed by atoms with E-state index in [0.29, 0.717) is 12.5 Å². The van der Waals surface area contributed by atoms with Crippen LogP contribution in [0.4, 0.5) is 0 Å². The van der Waals surface area contributed by atoms with E-state index in [1.54, 1.807) is 6.20 Å². The molecule has 1 aromatic carbocycles. The number of carbonyl (C=O) groups is 1. The molecule has 5 heteroatoms. The van der Waals surface area contributed by atoms with Crippen LogP contribution in [0.1, 0.15) is 30.0 Å². The van der Waals surface area contributed by atoms with Crippen LogP contribution < -0.4 is 0 Å². The number of hydrogen-bond donors (Lipinski definition) is 1. The summed E-state index contributed by atoms with van der Waals surface area (Å²) in [6, 6.07) is 12.3. The van der Waals surface area contributed by atoms with Crippen LogP contribution in [0.3, 0.4) is 0 Å². The fraction of sp³-hybridized carbons (Fsp3) is 0.444. The number of nitrogens with zero attached hydrogens (tertiary/aromatic N) is 3. The van der Waals surface area contributed by atoms with Crippen LogP contribution in [0.15, 0.2) is 42.6 Å². The SMILES string of the molecule is CN(CC(=O)N1CCC[C@H](c2ccn[nH]2)C1)Cc1ccccc1. The number of benzene rings is 1. The highest BCUT2D eigenvalue weighted by atomic mass is 16.2. The first-order valence-corrected chi connectivity index (χ1v) is 8.22. The summed E-state index contributed by atoms with van der Waals surface area (Å²) in [5, 5.41) is 7.07. The maximum atomic E-state index is 12.6. The zero-order chi connectivity index (χ0) is 16.1. The Morgan fingerprint density at radius 1 is 1.35 bits per heavy atom. The molecule has 1 aliphatic heterocycles. The Balaban J connectivity index is 1.53. The van der Waals surface area contributed by atoms with Crippen molar-refractivity contribution in [3.63, 3.8) is 0 Å². The average Bonchev–Trinajstić information content (AvgIpc) is 3.10. The fourth-order valence-electron chi connectivity index (χ4n) is 3.23. The van der Waals surface area contributed by atoms with E-state index < -0.39 is 0 Å². The van der Waals surface area contributed by atoms with Crippen molar-refractivity contribution < 1.29 is 4.79 Å². The number of piperidine rings is 1. The summed E-state index contributed by atoms with van der Waals surface area (Å²) in [5.74, 6) is 0.599. The van der Waals surface area contributed by atoms with E-state index in [1.807, 2.05) is 36.2 Å². The van der Waals surface area contributed by atoms with Gasteiger partial charge in [0.15, 0.2) is 0 Å². The van der Waals surface area contributed by atoms with Gasteiger partial charge in [-0.2, -0.15) is 5.10 Å². The molecule has 1 N–H and O–H groups in total. The first-order chi connectivity index (χ1) is 11.2. The molecule has 1 fully saturated rings. The van der Waals surface area contributed by atoms with Crippen molar-refractivity contribution in [2.24, 2.45) is 0 Å². The predicted octanol–water partition coefficient (Wildman–Crippen LogP) is 2.25. The Hall–Kier alpha value is -2.14. The molecule has 0 radical (unpaired) electrons. The number of H-pyrrole nitrogens is 1. The molecule has 1 atom stereocenters. The maximum Gasteiger partial charge on any atom is 0.236 e. The Morgan fingerprint density at radius 2 is 2.17 bits per heavy atom. The molecule has 1 saturated heterocycles. The summed E-state index contributed by atoms with van der Waals surface area (Å²) in [6.45, 7) is 2.91. The Morgan fingerprint density at radius 3 is 2.91 bits per heavy atom. The minimum absolute atomic E-state index is 0.215. The monoisotopic (exact) mass is 312 g/mol. The number of likely N-dealkylation sites (tertiary alicyclic amines) is 1. The predicted molar refractivity (Wildman–Crippen MR) is 89.9 cm³/mol. The van der Waals surface area contributed by atoms with Gasteiger partial charge < -0.3 is 4.90 Å². The van der Waals surface area contributed by atoms with Crippen LogP contribution >= 0.6 is 0 Å². The summed E-state index contributed by atoms with van der Waals surface area (Å²) < 4.78 is 0. The third-order valence-electron chi connectivity index (χ3n) is 4.44. The maximum absolute atomic E-state index is 12.6. The number of amides is 1. The van der Waals surface area contributed by atoms with Gasteiger partial charge in [-0.25, -0.2) is 0 Å². The third kappa shape index (κ3) is 4.20. The number of carbonyl (C=O) groups excluding carboxylic acids is 1. The van der Waals surface area contributed by atoms with E-state index >= 15 is 0 Å². The summed E-state index contributed by atoms with van der Waals surface area (Å²) in [7, 11) is 2.00. The van der Waals surface area contributed by atoms with E-state index in [4.69, 9.17) is 0 Å². The first-order valence-electron chi connectivity index (χ1n) is 8.22. The van der Waals surface area contributed by atoms with Crippen molar-refractivity contribution in [3.8, 4) is 0 Å². The van der Waals surface area contributed by atoms with Crippen molar-refractivity contribution in [1.29, 1.82) is 0 Å². The zero-order valence-electron chi connectivity index (χ0n) is 13.6. The van der Waals surface area contributed by atoms with Gasteiger partial charge in [-0.1, -0.05) is 30.3 Å². The second-order valence-corrected chi connectivity index (χ2v) is 6.35. The number of likely N-dealkylation sites (N-methyl/N-ethyl adjacent to an activating group) is 1. The number of hydrogen-bond acceptors (Lipinski definition) is 3. The van der Waals surface area contributed by atoms with E-state index in [9.17, 15) is 4.79 Å². The molecule has 1 aromatic heterocycles. The normalized spacial score (nSPS) is 18.3. The number of aromatic amines is 1. The molecular weight excluding hydrogens is 288 g/mol. The quantitative estimate of drug-likeness (QED) is 0.921. The van der Waals surface area contributed by atoms with Crippen LogP contribution in [-0.4, -0.2) is 52.6 Å². The van der Waals surface area contributed by atoms with Crippen molar-refractivity contribution in [2.45, 2.75) is 25.3 Å². The molecule has 1 amide bonds. The van der Waals surface area contributed by atoms with Crippen LogP contribution in [0.5, 0.6) is 0 Å². The van der Waals surface area contributed by atoms with E-state index in [0.717, 1.165) is 38.2 Å². The van der Waals surface area contributed by atoms with Crippen molar-refractivity contribution in [3.05, 3.63) is 53.9 Å². The van der Waals surface area contributed by atoms with Gasteiger partial charge in [-0.05, 0) is 31.5 Å². The molecule has 0 spiro atoms. The molecule has 5 nitrogen and oxygen atoms in total. The highest BCUT2D eigenvalue weighted by molar-refractivity contribution is 5.78. The number of nitrogens with one attached hydrogen (secondary N) is 1. The lowest BCUT2D eigenvalue weighted by Crippen LogP contribution is -2.43. The largest absolute Gasteiger partial charge is 0.341 e. The molecular formula is C18H24N4O. The van der Waals surface area contributed by atoms with Gasteiger partial charge in [0.1, 0.15) is 0 Å². The molecule has 0 bridgehead atoms. The third-order valence-corrected chi connectivity index (χ3v) is 4.44. The zero-order valence-corrected chi connectivity index (χ0v) is 13.6. The van der Waals surface area contributed by atoms with Crippen LogP contribution in [0.25, 0.3) is 0 Å². The minimum atomic E-state index is 0.215. The Bertz CT molecular complexity index is 611. The molecule has 3 rings (SSSR count). The Kier molecular flexibility index (Phi) is 5.08. The summed E-state index contributed by atoms with van der Waals surface area (Å²) in [6.07, 6.45) is 3.95. The van der Waals surface area contributed by atoms with Gasteiger partial charge in [0.2, 0.25) is 5.91 Å². The molecule has 2 heterocycles. The topological polar surface area (TPSA) is 52.2 Å². The van der Waals surface area contributed by atoms with Gasteiger partial charge in [0.25, 0.3) is 0 Å². The van der Waals surface area contributed by atoms with Crippen molar-refractivity contribution in [1.82, 2.24) is 20.0 Å². The fourth-order valence-corrected chi connectivity index (χ4v) is 3.23. The molecule has 1 aliphatic rings.